The van der Waals surface area contributed by atoms with Crippen LogP contribution in [0.3, 0.4) is 0 Å². The molecule has 116 valence electrons. The molecule has 0 radical (unpaired) electrons. The molecule has 2 aromatic rings. The molecule has 0 saturated heterocycles. The molecule has 0 bridgehead atoms. The fourth-order valence-electron chi connectivity index (χ4n) is 1.75. The number of hydrogen-bond acceptors (Lipinski definition) is 5. The quantitative estimate of drug-likeness (QED) is 0.834. The maximum atomic E-state index is 12.0. The van der Waals surface area contributed by atoms with E-state index in [0.717, 1.165) is 5.56 Å². The molecule has 0 unspecified atom stereocenters. The maximum Gasteiger partial charge on any atom is 0.251 e. The molecule has 8 heteroatoms. The van der Waals surface area contributed by atoms with Gasteiger partial charge in [0.25, 0.3) is 5.91 Å². The highest BCUT2D eigenvalue weighted by atomic mass is 32.2. The molecule has 2 amide bonds. The van der Waals surface area contributed by atoms with E-state index in [2.05, 4.69) is 15.6 Å². The molecule has 0 fully saturated rings. The number of aromatic nitrogens is 1. The van der Waals surface area contributed by atoms with Gasteiger partial charge < -0.3 is 10.6 Å². The minimum Gasteiger partial charge on any atom is -0.343 e. The first-order valence-corrected chi connectivity index (χ1v) is 9.02. The first-order valence-electron chi connectivity index (χ1n) is 6.41. The van der Waals surface area contributed by atoms with Gasteiger partial charge in [0.15, 0.2) is 5.13 Å². The average molecular weight is 337 g/mol. The standard InChI is InChI=1S/C14H15N3O3S2/c1-22(20)9-10-3-2-4-11(7-10)13(19)16-8-12(18)17-14-15-5-6-21-14/h2-7H,8-9H2,1H3,(H,16,19)(H,15,17,18)/t22-/m0/s1. The number of carbonyl (C=O) groups is 2. The fraction of sp³-hybridized carbons (Fsp3) is 0.214. The van der Waals surface area contributed by atoms with Crippen molar-refractivity contribution in [2.24, 2.45) is 0 Å². The number of nitrogens with zero attached hydrogens (tertiary/aromatic N) is 1. The summed E-state index contributed by atoms with van der Waals surface area (Å²) < 4.78 is 11.2. The number of carbonyl (C=O) groups excluding carboxylic acids is 2. The average Bonchev–Trinajstić information content (AvgIpc) is 2.97. The molecule has 6 nitrogen and oxygen atoms in total. The van der Waals surface area contributed by atoms with Crippen molar-refractivity contribution in [2.45, 2.75) is 5.75 Å². The zero-order valence-corrected chi connectivity index (χ0v) is 13.5. The van der Waals surface area contributed by atoms with Gasteiger partial charge in [0.1, 0.15) is 0 Å². The molecule has 1 heterocycles. The van der Waals surface area contributed by atoms with Crippen LogP contribution in [0.25, 0.3) is 0 Å². The normalized spacial score (nSPS) is 11.7. The van der Waals surface area contributed by atoms with E-state index in [1.54, 1.807) is 36.0 Å². The number of rotatable bonds is 6. The van der Waals surface area contributed by atoms with Gasteiger partial charge in [0, 0.05) is 39.9 Å². The molecular formula is C14H15N3O3S2. The van der Waals surface area contributed by atoms with Crippen molar-refractivity contribution in [3.05, 3.63) is 47.0 Å². The summed E-state index contributed by atoms with van der Waals surface area (Å²) in [5.41, 5.74) is 1.26. The van der Waals surface area contributed by atoms with E-state index in [1.807, 2.05) is 6.07 Å². The molecule has 0 spiro atoms. The first kappa shape index (κ1) is 16.3. The summed E-state index contributed by atoms with van der Waals surface area (Å²) in [6, 6.07) is 6.87. The predicted octanol–water partition coefficient (Wildman–Crippen LogP) is 1.39. The van der Waals surface area contributed by atoms with Gasteiger partial charge in [-0.05, 0) is 17.7 Å². The molecule has 2 N–H and O–H groups in total. The third-order valence-corrected chi connectivity index (χ3v) is 4.08. The Morgan fingerprint density at radius 3 is 2.86 bits per heavy atom. The Hall–Kier alpha value is -2.06. The number of benzene rings is 1. The second kappa shape index (κ2) is 7.81. The van der Waals surface area contributed by atoms with Gasteiger partial charge in [-0.25, -0.2) is 4.98 Å². The molecule has 1 atom stereocenters. The first-order chi connectivity index (χ1) is 10.5. The monoisotopic (exact) mass is 337 g/mol. The zero-order valence-electron chi connectivity index (χ0n) is 11.9. The van der Waals surface area contributed by atoms with Crippen molar-refractivity contribution in [2.75, 3.05) is 18.1 Å². The summed E-state index contributed by atoms with van der Waals surface area (Å²) in [6.07, 6.45) is 3.19. The number of nitrogens with one attached hydrogen (secondary N) is 2. The van der Waals surface area contributed by atoms with Gasteiger partial charge in [-0.3, -0.25) is 13.8 Å². The molecule has 0 aliphatic carbocycles. The lowest BCUT2D eigenvalue weighted by Gasteiger charge is -2.06. The summed E-state index contributed by atoms with van der Waals surface area (Å²) in [5.74, 6) is -0.293. The van der Waals surface area contributed by atoms with Gasteiger partial charge in [-0.15, -0.1) is 11.3 Å². The van der Waals surface area contributed by atoms with E-state index in [9.17, 15) is 13.8 Å². The van der Waals surface area contributed by atoms with E-state index >= 15 is 0 Å². The summed E-state index contributed by atoms with van der Waals surface area (Å²) in [7, 11) is -0.969. The maximum absolute atomic E-state index is 12.0. The van der Waals surface area contributed by atoms with Crippen LogP contribution in [-0.2, 0) is 21.3 Å². The highest BCUT2D eigenvalue weighted by Crippen LogP contribution is 2.10. The Bertz CT molecular complexity index is 686. The second-order valence-corrected chi connectivity index (χ2v) is 6.82. The number of hydrogen-bond donors (Lipinski definition) is 2. The fourth-order valence-corrected chi connectivity index (χ4v) is 2.94. The van der Waals surface area contributed by atoms with Gasteiger partial charge >= 0.3 is 0 Å². The molecule has 22 heavy (non-hydrogen) atoms. The molecule has 1 aromatic heterocycles. The summed E-state index contributed by atoms with van der Waals surface area (Å²) in [5, 5.41) is 7.36. The van der Waals surface area contributed by atoms with Gasteiger partial charge in [0.2, 0.25) is 5.91 Å². The van der Waals surface area contributed by atoms with E-state index < -0.39 is 10.8 Å². The van der Waals surface area contributed by atoms with E-state index in [0.29, 0.717) is 16.4 Å². The number of anilines is 1. The third-order valence-electron chi connectivity index (χ3n) is 2.65. The van der Waals surface area contributed by atoms with E-state index in [1.165, 1.54) is 11.3 Å². The van der Waals surface area contributed by atoms with Gasteiger partial charge in [-0.2, -0.15) is 0 Å². The van der Waals surface area contributed by atoms with Crippen molar-refractivity contribution in [1.29, 1.82) is 0 Å². The van der Waals surface area contributed by atoms with E-state index in [-0.39, 0.29) is 18.4 Å². The van der Waals surface area contributed by atoms with Crippen LogP contribution in [0.1, 0.15) is 15.9 Å². The van der Waals surface area contributed by atoms with Crippen molar-refractivity contribution >= 4 is 39.1 Å². The van der Waals surface area contributed by atoms with Crippen LogP contribution in [0.2, 0.25) is 0 Å². The smallest absolute Gasteiger partial charge is 0.251 e. The van der Waals surface area contributed by atoms with Crippen LogP contribution in [0, 0.1) is 0 Å². The topological polar surface area (TPSA) is 88.2 Å². The Balaban J connectivity index is 1.89. The predicted molar refractivity (Wildman–Crippen MR) is 87.3 cm³/mol. The Labute approximate surface area is 134 Å². The largest absolute Gasteiger partial charge is 0.343 e. The molecule has 1 aromatic carbocycles. The molecule has 2 rings (SSSR count). The summed E-state index contributed by atoms with van der Waals surface area (Å²) >= 11 is 1.30. The van der Waals surface area contributed by atoms with Crippen molar-refractivity contribution < 1.29 is 13.8 Å². The van der Waals surface area contributed by atoms with Crippen LogP contribution in [0.5, 0.6) is 0 Å². The van der Waals surface area contributed by atoms with Crippen molar-refractivity contribution in [3.63, 3.8) is 0 Å². The van der Waals surface area contributed by atoms with E-state index in [4.69, 9.17) is 0 Å². The Morgan fingerprint density at radius 1 is 1.36 bits per heavy atom. The molecule has 0 saturated carbocycles. The number of amides is 2. The van der Waals surface area contributed by atoms with Crippen LogP contribution in [0.15, 0.2) is 35.8 Å². The number of thiazole rings is 1. The molecular weight excluding hydrogens is 322 g/mol. The van der Waals surface area contributed by atoms with Crippen molar-refractivity contribution in [3.8, 4) is 0 Å². The Kier molecular flexibility index (Phi) is 5.79. The van der Waals surface area contributed by atoms with Gasteiger partial charge in [0.05, 0.1) is 6.54 Å². The lowest BCUT2D eigenvalue weighted by atomic mass is 10.1. The highest BCUT2D eigenvalue weighted by Gasteiger charge is 2.10. The van der Waals surface area contributed by atoms with Crippen LogP contribution in [-0.4, -0.2) is 33.8 Å². The zero-order chi connectivity index (χ0) is 15.9. The van der Waals surface area contributed by atoms with Gasteiger partial charge in [-0.1, -0.05) is 12.1 Å². The Morgan fingerprint density at radius 2 is 2.18 bits per heavy atom. The summed E-state index contributed by atoms with van der Waals surface area (Å²) in [4.78, 5) is 27.6. The lowest BCUT2D eigenvalue weighted by Crippen LogP contribution is -2.32. The molecule has 0 aliphatic rings. The van der Waals surface area contributed by atoms with Crippen LogP contribution < -0.4 is 10.6 Å². The minimum atomic E-state index is -0.969. The SMILES string of the molecule is C[S@](=O)Cc1cccc(C(=O)NCC(=O)Nc2nccs2)c1. The van der Waals surface area contributed by atoms with Crippen molar-refractivity contribution in [1.82, 2.24) is 10.3 Å². The minimum absolute atomic E-state index is 0.137. The summed E-state index contributed by atoms with van der Waals surface area (Å²) in [6.45, 7) is -0.137. The lowest BCUT2D eigenvalue weighted by molar-refractivity contribution is -0.115. The van der Waals surface area contributed by atoms with Crippen LogP contribution in [0.4, 0.5) is 5.13 Å². The highest BCUT2D eigenvalue weighted by molar-refractivity contribution is 7.83. The second-order valence-electron chi connectivity index (χ2n) is 4.49. The third kappa shape index (κ3) is 5.05. The van der Waals surface area contributed by atoms with Crippen LogP contribution >= 0.6 is 11.3 Å². The molecule has 0 aliphatic heterocycles.